The highest BCUT2D eigenvalue weighted by molar-refractivity contribution is 6.30. The quantitative estimate of drug-likeness (QED) is 0.160. The van der Waals surface area contributed by atoms with Crippen molar-refractivity contribution in [1.82, 2.24) is 10.3 Å². The molecule has 1 aromatic heterocycles. The summed E-state index contributed by atoms with van der Waals surface area (Å²) >= 11 is 6.09. The van der Waals surface area contributed by atoms with Gasteiger partial charge in [-0.2, -0.15) is 0 Å². The maximum atomic E-state index is 14.0. The summed E-state index contributed by atoms with van der Waals surface area (Å²) in [4.78, 5) is 56.9. The largest absolute Gasteiger partial charge is 0.481 e. The predicted octanol–water partition coefficient (Wildman–Crippen LogP) is 10.2. The SMILES string of the molecule is CCCC1C2=C(C(C)C)C(=O)CC2(/C=C/C(=O)NC2(c3ccc(Cl)cn3)CC2)CCC1C1(C)CCC2C(C)(CCC(OC(=O)CC(C)(C)C(=O)O)C2(C)C)C1. The highest BCUT2D eigenvalue weighted by Gasteiger charge is 2.61. The molecule has 1 aromatic rings. The van der Waals surface area contributed by atoms with Crippen LogP contribution in [-0.2, 0) is 29.5 Å². The van der Waals surface area contributed by atoms with Crippen LogP contribution in [0.4, 0.5) is 0 Å². The zero-order valence-corrected chi connectivity index (χ0v) is 35.5. The molecule has 4 saturated carbocycles. The van der Waals surface area contributed by atoms with Crippen LogP contribution < -0.4 is 5.32 Å². The number of nitrogens with one attached hydrogen (secondary N) is 1. The number of hydrogen-bond donors (Lipinski definition) is 2. The minimum Gasteiger partial charge on any atom is -0.481 e. The van der Waals surface area contributed by atoms with Crippen LogP contribution in [-0.4, -0.2) is 39.8 Å². The zero-order chi connectivity index (χ0) is 40.4. The molecule has 0 aliphatic heterocycles. The van der Waals surface area contributed by atoms with Crippen LogP contribution in [0.15, 0.2) is 41.6 Å². The molecule has 1 amide bonds. The number of rotatable bonds is 12. The predicted molar refractivity (Wildman–Crippen MR) is 215 cm³/mol. The number of ether oxygens (including phenoxy) is 1. The molecule has 6 rings (SSSR count). The molecule has 5 aliphatic carbocycles. The van der Waals surface area contributed by atoms with E-state index in [2.05, 4.69) is 64.8 Å². The monoisotopic (exact) mass is 776 g/mol. The number of pyridine rings is 1. The molecule has 55 heavy (non-hydrogen) atoms. The van der Waals surface area contributed by atoms with Crippen molar-refractivity contribution in [3.05, 3.63) is 52.3 Å². The number of carbonyl (C=O) groups excluding carboxylic acids is 3. The molecule has 8 nitrogen and oxygen atoms in total. The number of amides is 1. The van der Waals surface area contributed by atoms with Crippen molar-refractivity contribution >= 4 is 35.2 Å². The number of ketones is 1. The van der Waals surface area contributed by atoms with Crippen molar-refractivity contribution in [3.63, 3.8) is 0 Å². The summed E-state index contributed by atoms with van der Waals surface area (Å²) in [6.45, 7) is 19.2. The smallest absolute Gasteiger partial charge is 0.309 e. The number of Topliss-reactive ketones (excluding diaryl/α,β-unsaturated/α-hetero) is 1. The number of aliphatic carboxylic acids is 1. The Hall–Kier alpha value is -3.00. The van der Waals surface area contributed by atoms with Crippen LogP contribution in [0, 0.1) is 50.7 Å². The van der Waals surface area contributed by atoms with Gasteiger partial charge in [0.1, 0.15) is 6.10 Å². The molecule has 302 valence electrons. The number of carbonyl (C=O) groups is 4. The van der Waals surface area contributed by atoms with Gasteiger partial charge in [-0.25, -0.2) is 0 Å². The molecule has 0 radical (unpaired) electrons. The number of fused-ring (bicyclic) bond motifs is 2. The van der Waals surface area contributed by atoms with Gasteiger partial charge in [-0.15, -0.1) is 0 Å². The summed E-state index contributed by atoms with van der Waals surface area (Å²) in [6, 6.07) is 3.71. The molecule has 5 aliphatic rings. The fourth-order valence-corrected chi connectivity index (χ4v) is 12.4. The van der Waals surface area contributed by atoms with Crippen LogP contribution in [0.25, 0.3) is 0 Å². The summed E-state index contributed by atoms with van der Waals surface area (Å²) in [5.41, 5.74) is 0.922. The number of halogens is 1. The molecular weight excluding hydrogens is 712 g/mol. The Morgan fingerprint density at radius 2 is 1.73 bits per heavy atom. The number of carboxylic acid groups (broad SMARTS) is 1. The van der Waals surface area contributed by atoms with E-state index in [0.29, 0.717) is 23.3 Å². The van der Waals surface area contributed by atoms with E-state index in [1.165, 1.54) is 5.57 Å². The Kier molecular flexibility index (Phi) is 11.2. The first-order chi connectivity index (χ1) is 25.6. The van der Waals surface area contributed by atoms with Crippen LogP contribution in [0.5, 0.6) is 0 Å². The number of hydrogen-bond acceptors (Lipinski definition) is 6. The minimum atomic E-state index is -1.17. The second-order valence-electron chi connectivity index (χ2n) is 20.3. The first-order valence-electron chi connectivity index (χ1n) is 21.0. The molecule has 7 unspecified atom stereocenters. The Labute approximate surface area is 334 Å². The van der Waals surface area contributed by atoms with E-state index in [1.54, 1.807) is 26.1 Å². The Morgan fingerprint density at radius 3 is 2.33 bits per heavy atom. The zero-order valence-electron chi connectivity index (χ0n) is 34.8. The molecule has 2 N–H and O–H groups in total. The van der Waals surface area contributed by atoms with Crippen molar-refractivity contribution in [1.29, 1.82) is 0 Å². The van der Waals surface area contributed by atoms with Gasteiger partial charge in [0.15, 0.2) is 5.78 Å². The fourth-order valence-electron chi connectivity index (χ4n) is 12.3. The van der Waals surface area contributed by atoms with Crippen molar-refractivity contribution in [2.45, 2.75) is 157 Å². The van der Waals surface area contributed by atoms with Crippen molar-refractivity contribution in [2.24, 2.45) is 50.7 Å². The molecule has 9 heteroatoms. The second-order valence-corrected chi connectivity index (χ2v) is 20.8. The van der Waals surface area contributed by atoms with Gasteiger partial charge in [0, 0.05) is 23.4 Å². The average Bonchev–Trinajstić information content (AvgIpc) is 3.79. The van der Waals surface area contributed by atoms with E-state index in [-0.39, 0.29) is 52.3 Å². The number of nitrogens with zero attached hydrogens (tertiary/aromatic N) is 1. The van der Waals surface area contributed by atoms with Gasteiger partial charge in [-0.1, -0.05) is 72.6 Å². The summed E-state index contributed by atoms with van der Waals surface area (Å²) in [5, 5.41) is 13.4. The van der Waals surface area contributed by atoms with E-state index in [0.717, 1.165) is 81.9 Å². The molecule has 0 aromatic carbocycles. The van der Waals surface area contributed by atoms with Gasteiger partial charge in [0.05, 0.1) is 28.1 Å². The Balaban J connectivity index is 1.24. The summed E-state index contributed by atoms with van der Waals surface area (Å²) in [5.74, 6) is -0.191. The molecule has 7 atom stereocenters. The number of aromatic nitrogens is 1. The first-order valence-corrected chi connectivity index (χ1v) is 21.3. The minimum absolute atomic E-state index is 0.0570. The van der Waals surface area contributed by atoms with Gasteiger partial charge in [0.2, 0.25) is 5.91 Å². The highest BCUT2D eigenvalue weighted by atomic mass is 35.5. The van der Waals surface area contributed by atoms with E-state index in [4.69, 9.17) is 16.3 Å². The van der Waals surface area contributed by atoms with Gasteiger partial charge in [0.25, 0.3) is 0 Å². The van der Waals surface area contributed by atoms with Crippen LogP contribution in [0.1, 0.15) is 151 Å². The average molecular weight is 777 g/mol. The van der Waals surface area contributed by atoms with Gasteiger partial charge < -0.3 is 15.2 Å². The topological polar surface area (TPSA) is 123 Å². The summed E-state index contributed by atoms with van der Waals surface area (Å²) in [7, 11) is 0. The lowest BCUT2D eigenvalue weighted by molar-refractivity contribution is -0.185. The van der Waals surface area contributed by atoms with Gasteiger partial charge >= 0.3 is 11.9 Å². The number of esters is 1. The lowest BCUT2D eigenvalue weighted by atomic mass is 9.43. The van der Waals surface area contributed by atoms with Crippen molar-refractivity contribution < 1.29 is 29.0 Å². The maximum Gasteiger partial charge on any atom is 0.309 e. The third-order valence-electron chi connectivity index (χ3n) is 15.1. The standard InChI is InChI=1S/C46H65ClN2O6/c1-10-11-30-31(43(8)18-15-33-42(6,7)35(16-19-44(33,9)27-43)55-37(52)25-41(4,5)40(53)54)14-20-45(24-32(50)38(28(2)3)39(30)45)21-17-36(51)49-46(22-23-46)34-13-12-29(47)26-48-34/h12-13,17,21,26,28,30-31,33,35H,10-11,14-16,18-20,22-25,27H2,1-9H3,(H,49,51)(H,53,54)/b21-17+. The van der Waals surface area contributed by atoms with E-state index in [1.807, 2.05) is 12.1 Å². The summed E-state index contributed by atoms with van der Waals surface area (Å²) < 4.78 is 6.12. The third kappa shape index (κ3) is 7.71. The van der Waals surface area contributed by atoms with Crippen LogP contribution in [0.3, 0.4) is 0 Å². The maximum absolute atomic E-state index is 14.0. The van der Waals surface area contributed by atoms with Gasteiger partial charge in [-0.3, -0.25) is 24.2 Å². The molecule has 0 bridgehead atoms. The van der Waals surface area contributed by atoms with E-state index < -0.39 is 28.3 Å². The Bertz CT molecular complexity index is 1760. The van der Waals surface area contributed by atoms with Crippen molar-refractivity contribution in [2.75, 3.05) is 0 Å². The third-order valence-corrected chi connectivity index (χ3v) is 15.3. The molecule has 4 fully saturated rings. The fraction of sp³-hybridized carbons (Fsp3) is 0.717. The van der Waals surface area contributed by atoms with E-state index in [9.17, 15) is 24.3 Å². The van der Waals surface area contributed by atoms with E-state index >= 15 is 0 Å². The molecule has 1 heterocycles. The normalized spacial score (nSPS) is 34.0. The number of carboxylic acids is 1. The first kappa shape index (κ1) is 41.6. The molecular formula is C46H65ClN2O6. The molecule has 0 saturated heterocycles. The van der Waals surface area contributed by atoms with Gasteiger partial charge in [-0.05, 0) is 142 Å². The lowest BCUT2D eigenvalue weighted by Crippen LogP contribution is -2.56. The Morgan fingerprint density at radius 1 is 1.04 bits per heavy atom. The molecule has 0 spiro atoms. The van der Waals surface area contributed by atoms with Crippen LogP contribution in [0.2, 0.25) is 5.02 Å². The highest BCUT2D eigenvalue weighted by Crippen LogP contribution is 2.68. The summed E-state index contributed by atoms with van der Waals surface area (Å²) in [6.07, 6.45) is 15.9. The second kappa shape index (κ2) is 14.7. The van der Waals surface area contributed by atoms with Crippen molar-refractivity contribution in [3.8, 4) is 0 Å². The van der Waals surface area contributed by atoms with Crippen LogP contribution >= 0.6 is 11.6 Å². The lowest BCUT2D eigenvalue weighted by Gasteiger charge is -2.62. The number of allylic oxidation sites excluding steroid dienone is 3.